The van der Waals surface area contributed by atoms with Gasteiger partial charge in [0, 0.05) is 6.42 Å². The Hall–Kier alpha value is -1.52. The minimum atomic E-state index is -4.51. The molecule has 0 saturated carbocycles. The van der Waals surface area contributed by atoms with E-state index in [1.54, 1.807) is 30.3 Å². The molecule has 16 heavy (non-hydrogen) atoms. The summed E-state index contributed by atoms with van der Waals surface area (Å²) in [6.45, 7) is 0. The number of esters is 1. The van der Waals surface area contributed by atoms with E-state index in [1.165, 1.54) is 0 Å². The quantitative estimate of drug-likeness (QED) is 0.693. The van der Waals surface area contributed by atoms with Gasteiger partial charge >= 0.3 is 12.1 Å². The standard InChI is InChI=1S/C11H9F3O2/c12-11(13,14)8-6-9(16-10(8)15)7-4-2-1-3-5-7/h1-5,8-9H,6H2/t8-,9+/m0/s1. The molecule has 1 aromatic carbocycles. The second-order valence-electron chi connectivity index (χ2n) is 3.67. The maximum Gasteiger partial charge on any atom is 0.402 e. The first kappa shape index (κ1) is 11.0. The Morgan fingerprint density at radius 1 is 1.19 bits per heavy atom. The predicted molar refractivity (Wildman–Crippen MR) is 49.4 cm³/mol. The van der Waals surface area contributed by atoms with Crippen LogP contribution in [0.25, 0.3) is 0 Å². The van der Waals surface area contributed by atoms with Gasteiger partial charge in [0.1, 0.15) is 6.10 Å². The molecule has 1 fully saturated rings. The molecule has 1 saturated heterocycles. The van der Waals surface area contributed by atoms with Crippen LogP contribution in [0.2, 0.25) is 0 Å². The molecule has 0 spiro atoms. The molecule has 0 amide bonds. The fourth-order valence-corrected chi connectivity index (χ4v) is 1.72. The van der Waals surface area contributed by atoms with Crippen LogP contribution in [0.4, 0.5) is 13.2 Å². The van der Waals surface area contributed by atoms with E-state index in [0.717, 1.165) is 0 Å². The van der Waals surface area contributed by atoms with Crippen LogP contribution < -0.4 is 0 Å². The Morgan fingerprint density at radius 2 is 1.81 bits per heavy atom. The van der Waals surface area contributed by atoms with Crippen LogP contribution in [0.1, 0.15) is 18.1 Å². The average Bonchev–Trinajstić information content (AvgIpc) is 2.61. The highest BCUT2D eigenvalue weighted by Crippen LogP contribution is 2.41. The monoisotopic (exact) mass is 230 g/mol. The number of cyclic esters (lactones) is 1. The molecular formula is C11H9F3O2. The van der Waals surface area contributed by atoms with Crippen molar-refractivity contribution in [3.63, 3.8) is 0 Å². The summed E-state index contributed by atoms with van der Waals surface area (Å²) in [7, 11) is 0. The summed E-state index contributed by atoms with van der Waals surface area (Å²) in [5.74, 6) is -3.17. The van der Waals surface area contributed by atoms with E-state index >= 15 is 0 Å². The van der Waals surface area contributed by atoms with E-state index in [1.807, 2.05) is 0 Å². The van der Waals surface area contributed by atoms with Gasteiger partial charge in [-0.25, -0.2) is 0 Å². The van der Waals surface area contributed by atoms with E-state index in [4.69, 9.17) is 4.74 Å². The number of ether oxygens (including phenoxy) is 1. The highest BCUT2D eigenvalue weighted by atomic mass is 19.4. The zero-order chi connectivity index (χ0) is 11.8. The molecule has 5 heteroatoms. The van der Waals surface area contributed by atoms with Crippen LogP contribution in [0.5, 0.6) is 0 Å². The van der Waals surface area contributed by atoms with Crippen molar-refractivity contribution in [1.29, 1.82) is 0 Å². The predicted octanol–water partition coefficient (Wildman–Crippen LogP) is 2.85. The molecule has 2 nitrogen and oxygen atoms in total. The third-order valence-electron chi connectivity index (χ3n) is 2.56. The minimum absolute atomic E-state index is 0.327. The number of halogens is 3. The van der Waals surface area contributed by atoms with Crippen molar-refractivity contribution in [2.45, 2.75) is 18.7 Å². The fraction of sp³-hybridized carbons (Fsp3) is 0.364. The van der Waals surface area contributed by atoms with E-state index < -0.39 is 24.2 Å². The van der Waals surface area contributed by atoms with Crippen molar-refractivity contribution in [3.05, 3.63) is 35.9 Å². The molecule has 0 aromatic heterocycles. The number of carbonyl (C=O) groups is 1. The van der Waals surface area contributed by atoms with Crippen LogP contribution in [0, 0.1) is 5.92 Å². The molecule has 1 aromatic rings. The largest absolute Gasteiger partial charge is 0.457 e. The highest BCUT2D eigenvalue weighted by molar-refractivity contribution is 5.75. The maximum atomic E-state index is 12.4. The van der Waals surface area contributed by atoms with Gasteiger partial charge in [0.05, 0.1) is 0 Å². The molecule has 86 valence electrons. The van der Waals surface area contributed by atoms with Gasteiger partial charge < -0.3 is 4.74 Å². The van der Waals surface area contributed by atoms with E-state index in [0.29, 0.717) is 5.56 Å². The van der Waals surface area contributed by atoms with Gasteiger partial charge in [0.2, 0.25) is 0 Å². The Labute approximate surface area is 90.0 Å². The van der Waals surface area contributed by atoms with Crippen LogP contribution in [-0.2, 0) is 9.53 Å². The van der Waals surface area contributed by atoms with Crippen LogP contribution in [0.3, 0.4) is 0 Å². The Morgan fingerprint density at radius 3 is 2.31 bits per heavy atom. The van der Waals surface area contributed by atoms with Crippen molar-refractivity contribution in [2.75, 3.05) is 0 Å². The topological polar surface area (TPSA) is 26.3 Å². The molecule has 2 atom stereocenters. The molecule has 2 rings (SSSR count). The zero-order valence-corrected chi connectivity index (χ0v) is 8.20. The molecule has 0 radical (unpaired) electrons. The molecular weight excluding hydrogens is 221 g/mol. The van der Waals surface area contributed by atoms with Crippen molar-refractivity contribution in [2.24, 2.45) is 5.92 Å². The third kappa shape index (κ3) is 2.03. The number of hydrogen-bond donors (Lipinski definition) is 0. The van der Waals surface area contributed by atoms with Crippen molar-refractivity contribution in [1.82, 2.24) is 0 Å². The molecule has 0 bridgehead atoms. The van der Waals surface area contributed by atoms with Gasteiger partial charge in [-0.05, 0) is 5.56 Å². The average molecular weight is 230 g/mol. The third-order valence-corrected chi connectivity index (χ3v) is 2.56. The summed E-state index contributed by atoms with van der Waals surface area (Å²) in [6, 6.07) is 8.45. The molecule has 1 aliphatic heterocycles. The van der Waals surface area contributed by atoms with Gasteiger partial charge in [-0.2, -0.15) is 13.2 Å². The van der Waals surface area contributed by atoms with Crippen LogP contribution >= 0.6 is 0 Å². The fourth-order valence-electron chi connectivity index (χ4n) is 1.72. The number of alkyl halides is 3. The summed E-state index contributed by atoms with van der Waals surface area (Å²) in [6.07, 6.45) is -5.62. The van der Waals surface area contributed by atoms with Gasteiger partial charge in [-0.3, -0.25) is 4.79 Å². The lowest BCUT2D eigenvalue weighted by atomic mass is 10.00. The van der Waals surface area contributed by atoms with Crippen molar-refractivity contribution < 1.29 is 22.7 Å². The molecule has 1 aliphatic rings. The summed E-state index contributed by atoms with van der Waals surface area (Å²) in [5.41, 5.74) is 0.600. The summed E-state index contributed by atoms with van der Waals surface area (Å²) in [5, 5.41) is 0. The lowest BCUT2D eigenvalue weighted by molar-refractivity contribution is -0.185. The minimum Gasteiger partial charge on any atom is -0.457 e. The van der Waals surface area contributed by atoms with E-state index in [9.17, 15) is 18.0 Å². The maximum absolute atomic E-state index is 12.4. The van der Waals surface area contributed by atoms with Gasteiger partial charge in [0.25, 0.3) is 0 Å². The van der Waals surface area contributed by atoms with Crippen molar-refractivity contribution >= 4 is 5.97 Å². The Kier molecular flexibility index (Phi) is 2.61. The van der Waals surface area contributed by atoms with E-state index in [-0.39, 0.29) is 6.42 Å². The SMILES string of the molecule is O=C1O[C@@H](c2ccccc2)C[C@@H]1C(F)(F)F. The summed E-state index contributed by atoms with van der Waals surface area (Å²) in [4.78, 5) is 11.1. The lowest BCUT2D eigenvalue weighted by Crippen LogP contribution is -2.26. The first-order valence-corrected chi connectivity index (χ1v) is 4.80. The van der Waals surface area contributed by atoms with Crippen LogP contribution in [-0.4, -0.2) is 12.1 Å². The summed E-state index contributed by atoms with van der Waals surface area (Å²) >= 11 is 0. The second-order valence-corrected chi connectivity index (χ2v) is 3.67. The number of benzene rings is 1. The molecule has 0 aliphatic carbocycles. The first-order valence-electron chi connectivity index (χ1n) is 4.80. The lowest BCUT2D eigenvalue weighted by Gasteiger charge is -2.10. The van der Waals surface area contributed by atoms with Gasteiger partial charge in [0.15, 0.2) is 5.92 Å². The number of carbonyl (C=O) groups excluding carboxylic acids is 1. The molecule has 0 unspecified atom stereocenters. The number of hydrogen-bond acceptors (Lipinski definition) is 2. The highest BCUT2D eigenvalue weighted by Gasteiger charge is 2.52. The summed E-state index contributed by atoms with van der Waals surface area (Å²) < 4.78 is 41.9. The zero-order valence-electron chi connectivity index (χ0n) is 8.20. The van der Waals surface area contributed by atoms with E-state index in [2.05, 4.69) is 0 Å². The Bertz CT molecular complexity index is 386. The van der Waals surface area contributed by atoms with Crippen LogP contribution in [0.15, 0.2) is 30.3 Å². The van der Waals surface area contributed by atoms with Gasteiger partial charge in [-0.15, -0.1) is 0 Å². The second kappa shape index (κ2) is 3.81. The normalized spacial score (nSPS) is 25.6. The number of rotatable bonds is 1. The van der Waals surface area contributed by atoms with Crippen molar-refractivity contribution in [3.8, 4) is 0 Å². The van der Waals surface area contributed by atoms with Gasteiger partial charge in [-0.1, -0.05) is 30.3 Å². The molecule has 0 N–H and O–H groups in total. The molecule has 1 heterocycles. The first-order chi connectivity index (χ1) is 7.48. The Balaban J connectivity index is 2.16. The smallest absolute Gasteiger partial charge is 0.402 e.